The Labute approximate surface area is 181 Å². The Morgan fingerprint density at radius 3 is 2.48 bits per heavy atom. The first kappa shape index (κ1) is 20.9. The van der Waals surface area contributed by atoms with Crippen molar-refractivity contribution in [3.63, 3.8) is 0 Å². The Kier molecular flexibility index (Phi) is 5.95. The molecular formula is C24H26N2O5. The zero-order valence-electron chi connectivity index (χ0n) is 17.7. The summed E-state index contributed by atoms with van der Waals surface area (Å²) in [6, 6.07) is 13.7. The van der Waals surface area contributed by atoms with Crippen molar-refractivity contribution in [2.45, 2.75) is 19.9 Å². The molecule has 1 fully saturated rings. The minimum absolute atomic E-state index is 0.0922. The molecule has 2 aromatic carbocycles. The van der Waals surface area contributed by atoms with E-state index < -0.39 is 17.7 Å². The molecule has 1 atom stereocenters. The van der Waals surface area contributed by atoms with E-state index in [2.05, 4.69) is 18.7 Å². The summed E-state index contributed by atoms with van der Waals surface area (Å²) in [4.78, 5) is 29.8. The highest BCUT2D eigenvalue weighted by Gasteiger charge is 2.46. The van der Waals surface area contributed by atoms with Crippen molar-refractivity contribution in [1.29, 1.82) is 0 Å². The number of aliphatic hydroxyl groups excluding tert-OH is 1. The number of aliphatic hydroxyl groups is 1. The maximum atomic E-state index is 13.1. The molecule has 7 heteroatoms. The van der Waals surface area contributed by atoms with Crippen LogP contribution < -0.4 is 9.47 Å². The van der Waals surface area contributed by atoms with Gasteiger partial charge in [0, 0.05) is 18.7 Å². The van der Waals surface area contributed by atoms with Gasteiger partial charge in [0.25, 0.3) is 11.7 Å². The summed E-state index contributed by atoms with van der Waals surface area (Å²) >= 11 is 0. The van der Waals surface area contributed by atoms with Crippen LogP contribution in [0.5, 0.6) is 11.5 Å². The Hall–Kier alpha value is -3.32. The van der Waals surface area contributed by atoms with Crippen LogP contribution in [0.3, 0.4) is 0 Å². The number of ketones is 1. The molecule has 2 aliphatic heterocycles. The predicted octanol–water partition coefficient (Wildman–Crippen LogP) is 3.18. The molecule has 0 aliphatic carbocycles. The first-order chi connectivity index (χ1) is 15.0. The maximum Gasteiger partial charge on any atom is 0.295 e. The van der Waals surface area contributed by atoms with Gasteiger partial charge in [-0.15, -0.1) is 0 Å². The molecule has 0 spiro atoms. The molecule has 2 heterocycles. The number of likely N-dealkylation sites (N-methyl/N-ethyl adjacent to an activating group) is 1. The molecule has 2 aliphatic rings. The fraction of sp³-hybridized carbons (Fsp3) is 0.333. The van der Waals surface area contributed by atoms with Crippen LogP contribution in [0.2, 0.25) is 0 Å². The van der Waals surface area contributed by atoms with E-state index in [-0.39, 0.29) is 18.1 Å². The van der Waals surface area contributed by atoms with Crippen molar-refractivity contribution in [2.75, 3.05) is 33.0 Å². The van der Waals surface area contributed by atoms with Gasteiger partial charge in [0.1, 0.15) is 5.76 Å². The molecule has 1 saturated heterocycles. The van der Waals surface area contributed by atoms with E-state index in [1.165, 1.54) is 0 Å². The van der Waals surface area contributed by atoms with Crippen LogP contribution in [0.1, 0.15) is 31.0 Å². The van der Waals surface area contributed by atoms with Crippen molar-refractivity contribution in [1.82, 2.24) is 9.80 Å². The zero-order chi connectivity index (χ0) is 22.0. The Bertz CT molecular complexity index is 1010. The van der Waals surface area contributed by atoms with Gasteiger partial charge in [0.15, 0.2) is 11.5 Å². The second-order valence-electron chi connectivity index (χ2n) is 7.50. The lowest BCUT2D eigenvalue weighted by atomic mass is 9.95. The van der Waals surface area contributed by atoms with Crippen LogP contribution in [0.15, 0.2) is 54.1 Å². The SMILES string of the molecule is CCN(CC)CCN1C(=O)C(=O)/C(=C(\O)c2ccc3c(c2)OCO3)C1c1ccccc1. The van der Waals surface area contributed by atoms with E-state index in [1.807, 2.05) is 30.3 Å². The number of rotatable bonds is 7. The Morgan fingerprint density at radius 1 is 1.06 bits per heavy atom. The van der Waals surface area contributed by atoms with Crippen LogP contribution in [-0.4, -0.2) is 59.6 Å². The average molecular weight is 422 g/mol. The third kappa shape index (κ3) is 3.88. The molecule has 31 heavy (non-hydrogen) atoms. The summed E-state index contributed by atoms with van der Waals surface area (Å²) in [6.07, 6.45) is 0. The minimum atomic E-state index is -0.677. The van der Waals surface area contributed by atoms with Gasteiger partial charge >= 0.3 is 0 Å². The third-order valence-corrected chi connectivity index (χ3v) is 5.85. The number of hydrogen-bond donors (Lipinski definition) is 1. The average Bonchev–Trinajstić information content (AvgIpc) is 3.37. The highest BCUT2D eigenvalue weighted by Crippen LogP contribution is 2.41. The van der Waals surface area contributed by atoms with Gasteiger partial charge in [-0.3, -0.25) is 9.59 Å². The van der Waals surface area contributed by atoms with E-state index in [4.69, 9.17) is 9.47 Å². The number of benzene rings is 2. The van der Waals surface area contributed by atoms with Gasteiger partial charge in [-0.05, 0) is 36.9 Å². The summed E-state index contributed by atoms with van der Waals surface area (Å²) in [5.41, 5.74) is 1.28. The molecule has 0 aromatic heterocycles. The number of carbonyl (C=O) groups is 2. The molecule has 0 saturated carbocycles. The number of ether oxygens (including phenoxy) is 2. The number of amides is 1. The summed E-state index contributed by atoms with van der Waals surface area (Å²) in [5.74, 6) is -0.408. The van der Waals surface area contributed by atoms with E-state index in [0.29, 0.717) is 30.2 Å². The third-order valence-electron chi connectivity index (χ3n) is 5.85. The summed E-state index contributed by atoms with van der Waals surface area (Å²) in [7, 11) is 0. The lowest BCUT2D eigenvalue weighted by Crippen LogP contribution is -2.38. The number of carbonyl (C=O) groups excluding carboxylic acids is 2. The van der Waals surface area contributed by atoms with Gasteiger partial charge in [-0.1, -0.05) is 44.2 Å². The van der Waals surface area contributed by atoms with Gasteiger partial charge in [-0.25, -0.2) is 0 Å². The number of likely N-dealkylation sites (tertiary alicyclic amines) is 1. The zero-order valence-corrected chi connectivity index (χ0v) is 17.7. The normalized spacial score (nSPS) is 19.5. The highest BCUT2D eigenvalue weighted by atomic mass is 16.7. The molecule has 7 nitrogen and oxygen atoms in total. The molecule has 0 bridgehead atoms. The topological polar surface area (TPSA) is 79.3 Å². The van der Waals surface area contributed by atoms with E-state index >= 15 is 0 Å². The highest BCUT2D eigenvalue weighted by molar-refractivity contribution is 6.46. The molecule has 4 rings (SSSR count). The predicted molar refractivity (Wildman–Crippen MR) is 116 cm³/mol. The summed E-state index contributed by atoms with van der Waals surface area (Å²) < 4.78 is 10.7. The number of nitrogens with zero attached hydrogens (tertiary/aromatic N) is 2. The molecule has 2 aromatic rings. The molecule has 1 N–H and O–H groups in total. The van der Waals surface area contributed by atoms with Crippen molar-refractivity contribution in [3.05, 3.63) is 65.2 Å². The molecule has 1 amide bonds. The first-order valence-electron chi connectivity index (χ1n) is 10.5. The van der Waals surface area contributed by atoms with Crippen molar-refractivity contribution in [3.8, 4) is 11.5 Å². The molecule has 162 valence electrons. The lowest BCUT2D eigenvalue weighted by molar-refractivity contribution is -0.140. The van der Waals surface area contributed by atoms with Crippen LogP contribution in [-0.2, 0) is 9.59 Å². The summed E-state index contributed by atoms with van der Waals surface area (Å²) in [6.45, 7) is 6.98. The monoisotopic (exact) mass is 422 g/mol. The Morgan fingerprint density at radius 2 is 1.77 bits per heavy atom. The van der Waals surface area contributed by atoms with Gasteiger partial charge < -0.3 is 24.4 Å². The van der Waals surface area contributed by atoms with Gasteiger partial charge in [0.2, 0.25) is 6.79 Å². The largest absolute Gasteiger partial charge is 0.507 e. The fourth-order valence-corrected chi connectivity index (χ4v) is 4.08. The van der Waals surface area contributed by atoms with E-state index in [9.17, 15) is 14.7 Å². The van der Waals surface area contributed by atoms with E-state index in [0.717, 1.165) is 18.7 Å². The van der Waals surface area contributed by atoms with Crippen molar-refractivity contribution < 1.29 is 24.2 Å². The maximum absolute atomic E-state index is 13.1. The van der Waals surface area contributed by atoms with Gasteiger partial charge in [0.05, 0.1) is 11.6 Å². The first-order valence-corrected chi connectivity index (χ1v) is 10.5. The minimum Gasteiger partial charge on any atom is -0.507 e. The number of Topliss-reactive ketones (excluding diaryl/α,β-unsaturated/α-hetero) is 1. The standard InChI is InChI=1S/C24H26N2O5/c1-3-25(4-2)12-13-26-21(16-8-6-5-7-9-16)20(23(28)24(26)29)22(27)17-10-11-18-19(14-17)31-15-30-18/h5-11,14,21,27H,3-4,12-13,15H2,1-2H3/b22-20-. The quantitative estimate of drug-likeness (QED) is 0.419. The van der Waals surface area contributed by atoms with Crippen LogP contribution >= 0.6 is 0 Å². The molecule has 1 unspecified atom stereocenters. The van der Waals surface area contributed by atoms with Crippen LogP contribution in [0.25, 0.3) is 5.76 Å². The second kappa shape index (κ2) is 8.81. The van der Waals surface area contributed by atoms with Gasteiger partial charge in [-0.2, -0.15) is 0 Å². The molecular weight excluding hydrogens is 396 g/mol. The van der Waals surface area contributed by atoms with Crippen LogP contribution in [0, 0.1) is 0 Å². The van der Waals surface area contributed by atoms with Crippen molar-refractivity contribution in [2.24, 2.45) is 0 Å². The summed E-state index contributed by atoms with van der Waals surface area (Å²) in [5, 5.41) is 11.1. The van der Waals surface area contributed by atoms with Crippen LogP contribution in [0.4, 0.5) is 0 Å². The van der Waals surface area contributed by atoms with E-state index in [1.54, 1.807) is 23.1 Å². The fourth-order valence-electron chi connectivity index (χ4n) is 4.08. The number of hydrogen-bond acceptors (Lipinski definition) is 6. The Balaban J connectivity index is 1.77. The smallest absolute Gasteiger partial charge is 0.295 e. The molecule has 0 radical (unpaired) electrons. The second-order valence-corrected chi connectivity index (χ2v) is 7.50. The lowest BCUT2D eigenvalue weighted by Gasteiger charge is -2.28. The number of fused-ring (bicyclic) bond motifs is 1. The van der Waals surface area contributed by atoms with Crippen molar-refractivity contribution >= 4 is 17.4 Å².